The molecule has 308 valence electrons. The molecule has 0 N–H and O–H groups in total. The molecule has 58 heavy (non-hydrogen) atoms. The molecule has 1 aliphatic carbocycles. The topological polar surface area (TPSA) is 72.5 Å². The molecule has 1 aliphatic rings. The van der Waals surface area contributed by atoms with Gasteiger partial charge >= 0.3 is 5.97 Å². The van der Waals surface area contributed by atoms with Crippen molar-refractivity contribution in [2.24, 2.45) is 5.41 Å². The molecular weight excluding hydrogens is 725 g/mol. The van der Waals surface area contributed by atoms with Crippen molar-refractivity contribution >= 4 is 16.7 Å². The van der Waals surface area contributed by atoms with Crippen LogP contribution in [-0.4, -0.2) is 52.2 Å². The van der Waals surface area contributed by atoms with E-state index in [0.717, 1.165) is 75.6 Å². The lowest BCUT2D eigenvalue weighted by Crippen LogP contribution is -2.29. The van der Waals surface area contributed by atoms with Gasteiger partial charge in [-0.2, -0.15) is 0 Å². The van der Waals surface area contributed by atoms with Crippen molar-refractivity contribution in [1.82, 2.24) is 0 Å². The predicted molar refractivity (Wildman–Crippen MR) is 234 cm³/mol. The van der Waals surface area contributed by atoms with Crippen LogP contribution in [0.25, 0.3) is 21.9 Å². The average Bonchev–Trinajstić information content (AvgIpc) is 3.50. The summed E-state index contributed by atoms with van der Waals surface area (Å²) in [5, 5.41) is 2.32. The minimum atomic E-state index is -0.726. The largest absolute Gasteiger partial charge is 0.493 e. The fourth-order valence-corrected chi connectivity index (χ4v) is 8.28. The zero-order valence-corrected chi connectivity index (χ0v) is 35.9. The van der Waals surface area contributed by atoms with E-state index in [1.807, 2.05) is 26.0 Å². The third-order valence-electron chi connectivity index (χ3n) is 11.6. The van der Waals surface area contributed by atoms with Crippen LogP contribution in [0.1, 0.15) is 109 Å². The number of rotatable bonds is 21. The lowest BCUT2D eigenvalue weighted by Gasteiger charge is -2.34. The van der Waals surface area contributed by atoms with Gasteiger partial charge in [0.15, 0.2) is 11.5 Å². The first-order chi connectivity index (χ1) is 28.0. The molecule has 0 saturated carbocycles. The Labute approximate surface area is 346 Å². The van der Waals surface area contributed by atoms with E-state index in [-0.39, 0.29) is 24.8 Å². The highest BCUT2D eigenvalue weighted by molar-refractivity contribution is 5.96. The number of fused-ring (bicyclic) bond motifs is 4. The monoisotopic (exact) mass is 786 g/mol. The summed E-state index contributed by atoms with van der Waals surface area (Å²) in [4.78, 5) is 12.8. The van der Waals surface area contributed by atoms with Gasteiger partial charge < -0.3 is 28.4 Å². The van der Waals surface area contributed by atoms with Crippen LogP contribution in [0.5, 0.6) is 23.0 Å². The fourth-order valence-electron chi connectivity index (χ4n) is 8.28. The standard InChI is InChI=1S/C51H62O7/c1-9-11-15-27-50(5,6)58-31-30-56-41-24-20-39(21-25-41)51(38-18-22-40(23-19-38)55-28-29-57-48(52)49(3,4)26-12-10-2)44-33-37-17-14-13-16-36(37)32-42(44)43-34-46(53-7)47(54-8)35-45(43)51/h13-14,16-25,32-35H,9-12,15,26-31H2,1-8H3. The number of benzene rings is 5. The van der Waals surface area contributed by atoms with Crippen LogP contribution in [0.15, 0.2) is 97.1 Å². The summed E-state index contributed by atoms with van der Waals surface area (Å²) in [6.07, 6.45) is 7.45. The molecule has 5 aromatic carbocycles. The smallest absolute Gasteiger partial charge is 0.311 e. The molecule has 0 aliphatic heterocycles. The van der Waals surface area contributed by atoms with Crippen LogP contribution in [0.2, 0.25) is 0 Å². The number of hydrogen-bond donors (Lipinski definition) is 0. The van der Waals surface area contributed by atoms with Crippen molar-refractivity contribution in [3.8, 4) is 34.1 Å². The van der Waals surface area contributed by atoms with Gasteiger partial charge in [0.2, 0.25) is 0 Å². The zero-order chi connectivity index (χ0) is 41.3. The first-order valence-electron chi connectivity index (χ1n) is 21.1. The first-order valence-corrected chi connectivity index (χ1v) is 21.1. The van der Waals surface area contributed by atoms with Gasteiger partial charge in [-0.1, -0.05) is 94.5 Å². The molecule has 0 bridgehead atoms. The van der Waals surface area contributed by atoms with Crippen molar-refractivity contribution in [2.45, 2.75) is 97.5 Å². The van der Waals surface area contributed by atoms with Crippen LogP contribution in [0, 0.1) is 5.41 Å². The molecule has 7 nitrogen and oxygen atoms in total. The van der Waals surface area contributed by atoms with Crippen molar-refractivity contribution in [3.05, 3.63) is 119 Å². The van der Waals surface area contributed by atoms with Crippen molar-refractivity contribution < 1.29 is 33.2 Å². The van der Waals surface area contributed by atoms with Crippen LogP contribution >= 0.6 is 0 Å². The molecule has 0 fully saturated rings. The van der Waals surface area contributed by atoms with Crippen molar-refractivity contribution in [2.75, 3.05) is 40.6 Å². The van der Waals surface area contributed by atoms with Gasteiger partial charge in [0, 0.05) is 0 Å². The van der Waals surface area contributed by atoms with E-state index >= 15 is 0 Å². The van der Waals surface area contributed by atoms with Gasteiger partial charge in [0.1, 0.15) is 31.3 Å². The van der Waals surface area contributed by atoms with E-state index in [0.29, 0.717) is 30.5 Å². The van der Waals surface area contributed by atoms with Gasteiger partial charge in [-0.15, -0.1) is 0 Å². The lowest BCUT2D eigenvalue weighted by molar-refractivity contribution is -0.155. The molecule has 0 aromatic heterocycles. The number of esters is 1. The van der Waals surface area contributed by atoms with Crippen molar-refractivity contribution in [3.63, 3.8) is 0 Å². The maximum Gasteiger partial charge on any atom is 0.311 e. The molecule has 6 rings (SSSR count). The van der Waals surface area contributed by atoms with Gasteiger partial charge in [0.25, 0.3) is 0 Å². The van der Waals surface area contributed by atoms with Crippen LogP contribution in [0.3, 0.4) is 0 Å². The number of ether oxygens (including phenoxy) is 6. The van der Waals surface area contributed by atoms with E-state index in [1.54, 1.807) is 14.2 Å². The van der Waals surface area contributed by atoms with Gasteiger partial charge in [-0.3, -0.25) is 4.79 Å². The number of carbonyl (C=O) groups is 1. The third kappa shape index (κ3) is 9.15. The van der Waals surface area contributed by atoms with Gasteiger partial charge in [0.05, 0.1) is 37.3 Å². The Morgan fingerprint density at radius 1 is 0.586 bits per heavy atom. The summed E-state index contributed by atoms with van der Waals surface area (Å²) >= 11 is 0. The summed E-state index contributed by atoms with van der Waals surface area (Å²) in [6.45, 7) is 14.0. The van der Waals surface area contributed by atoms with Gasteiger partial charge in [-0.25, -0.2) is 0 Å². The molecule has 1 unspecified atom stereocenters. The number of unbranched alkanes of at least 4 members (excludes halogenated alkanes) is 3. The molecular formula is C51H62O7. The van der Waals surface area contributed by atoms with Gasteiger partial charge in [-0.05, 0) is 133 Å². The van der Waals surface area contributed by atoms with E-state index in [2.05, 4.69) is 113 Å². The van der Waals surface area contributed by atoms with Crippen LogP contribution in [0.4, 0.5) is 0 Å². The highest BCUT2D eigenvalue weighted by Crippen LogP contribution is 2.59. The summed E-state index contributed by atoms with van der Waals surface area (Å²) in [5.41, 5.74) is 5.21. The molecule has 7 heteroatoms. The Bertz CT molecular complexity index is 2130. The summed E-state index contributed by atoms with van der Waals surface area (Å²) in [5.74, 6) is 2.63. The molecule has 0 saturated heterocycles. The normalized spacial score (nSPS) is 14.8. The molecule has 0 heterocycles. The lowest BCUT2D eigenvalue weighted by atomic mass is 9.67. The van der Waals surface area contributed by atoms with E-state index in [4.69, 9.17) is 28.4 Å². The minimum Gasteiger partial charge on any atom is -0.493 e. The Morgan fingerprint density at radius 2 is 1.12 bits per heavy atom. The average molecular weight is 787 g/mol. The summed E-state index contributed by atoms with van der Waals surface area (Å²) in [7, 11) is 3.36. The highest BCUT2D eigenvalue weighted by Gasteiger charge is 2.47. The fraction of sp³-hybridized carbons (Fsp3) is 0.431. The SMILES string of the molecule is CCCCCC(C)(C)OCCOc1ccc(C2(c3ccc(OCCOC(=O)C(C)(C)CCCC)cc3)c3cc(OC)c(OC)cc3-c3cc4ccccc4cc32)cc1. The maximum absolute atomic E-state index is 12.8. The Morgan fingerprint density at radius 3 is 1.71 bits per heavy atom. The molecule has 1 atom stereocenters. The molecule has 0 spiro atoms. The number of methoxy groups -OCH3 is 2. The van der Waals surface area contributed by atoms with Crippen LogP contribution in [-0.2, 0) is 19.7 Å². The van der Waals surface area contributed by atoms with Crippen LogP contribution < -0.4 is 18.9 Å². The third-order valence-corrected chi connectivity index (χ3v) is 11.6. The quantitative estimate of drug-likeness (QED) is 0.0531. The Balaban J connectivity index is 1.34. The summed E-state index contributed by atoms with van der Waals surface area (Å²) in [6, 6.07) is 34.1. The second-order valence-electron chi connectivity index (χ2n) is 16.7. The van der Waals surface area contributed by atoms with Crippen molar-refractivity contribution in [1.29, 1.82) is 0 Å². The highest BCUT2D eigenvalue weighted by atomic mass is 16.6. The summed E-state index contributed by atoms with van der Waals surface area (Å²) < 4.78 is 36.1. The Hall–Kier alpha value is -5.01. The molecule has 0 amide bonds. The van der Waals surface area contributed by atoms with E-state index in [1.165, 1.54) is 19.3 Å². The zero-order valence-electron chi connectivity index (χ0n) is 35.9. The second kappa shape index (κ2) is 18.7. The predicted octanol–water partition coefficient (Wildman–Crippen LogP) is 12.1. The van der Waals surface area contributed by atoms with E-state index < -0.39 is 10.8 Å². The molecule has 5 aromatic rings. The molecule has 0 radical (unpaired) electrons. The minimum absolute atomic E-state index is 0.176. The first kappa shape index (κ1) is 42.6. The number of carbonyl (C=O) groups excluding carboxylic acids is 1. The number of hydrogen-bond acceptors (Lipinski definition) is 7. The second-order valence-corrected chi connectivity index (χ2v) is 16.7. The maximum atomic E-state index is 12.8. The van der Waals surface area contributed by atoms with E-state index in [9.17, 15) is 4.79 Å². The Kier molecular flexibility index (Phi) is 13.7.